The fourth-order valence-electron chi connectivity index (χ4n) is 3.41. The zero-order chi connectivity index (χ0) is 16.9. The highest BCUT2D eigenvalue weighted by molar-refractivity contribution is 5.81. The summed E-state index contributed by atoms with van der Waals surface area (Å²) in [6.45, 7) is 8.13. The number of fused-ring (bicyclic) bond motifs is 1. The van der Waals surface area contributed by atoms with Gasteiger partial charge in [0.05, 0.1) is 5.69 Å². The van der Waals surface area contributed by atoms with Gasteiger partial charge >= 0.3 is 0 Å². The van der Waals surface area contributed by atoms with Crippen molar-refractivity contribution in [1.29, 1.82) is 0 Å². The Balaban J connectivity index is 1.55. The molecule has 1 amide bonds. The quantitative estimate of drug-likeness (QED) is 0.850. The third-order valence-electron chi connectivity index (χ3n) is 5.15. The Morgan fingerprint density at radius 1 is 1.08 bits per heavy atom. The molecule has 24 heavy (non-hydrogen) atoms. The summed E-state index contributed by atoms with van der Waals surface area (Å²) in [5.74, 6) is 1.93. The van der Waals surface area contributed by atoms with Crippen molar-refractivity contribution in [2.45, 2.75) is 57.8 Å². The number of aromatic nitrogens is 4. The molecule has 6 nitrogen and oxygen atoms in total. The van der Waals surface area contributed by atoms with E-state index in [1.54, 1.807) is 0 Å². The maximum absolute atomic E-state index is 12.2. The van der Waals surface area contributed by atoms with E-state index in [1.165, 1.54) is 0 Å². The second-order valence-electron chi connectivity index (χ2n) is 8.17. The van der Waals surface area contributed by atoms with Gasteiger partial charge in [-0.05, 0) is 37.8 Å². The largest absolute Gasteiger partial charge is 0.342 e. The Kier molecular flexibility index (Phi) is 3.58. The molecule has 2 aromatic heterocycles. The molecule has 128 valence electrons. The van der Waals surface area contributed by atoms with Gasteiger partial charge in [0.15, 0.2) is 11.5 Å². The van der Waals surface area contributed by atoms with Crippen LogP contribution in [0.3, 0.4) is 0 Å². The molecule has 0 bridgehead atoms. The molecule has 0 N–H and O–H groups in total. The molecule has 2 fully saturated rings. The van der Waals surface area contributed by atoms with Crippen LogP contribution in [0.25, 0.3) is 5.65 Å². The van der Waals surface area contributed by atoms with Crippen molar-refractivity contribution in [3.05, 3.63) is 23.7 Å². The second kappa shape index (κ2) is 5.53. The summed E-state index contributed by atoms with van der Waals surface area (Å²) in [5, 5.41) is 13.5. The van der Waals surface area contributed by atoms with Crippen molar-refractivity contribution in [2.24, 2.45) is 5.92 Å². The van der Waals surface area contributed by atoms with Gasteiger partial charge in [0.25, 0.3) is 0 Å². The summed E-state index contributed by atoms with van der Waals surface area (Å²) in [6, 6.07) is 4.03. The van der Waals surface area contributed by atoms with Gasteiger partial charge in [-0.1, -0.05) is 20.8 Å². The first-order chi connectivity index (χ1) is 11.4. The van der Waals surface area contributed by atoms with Crippen LogP contribution in [-0.4, -0.2) is 43.7 Å². The third kappa shape index (κ3) is 2.78. The van der Waals surface area contributed by atoms with Crippen LogP contribution in [0.5, 0.6) is 0 Å². The highest BCUT2D eigenvalue weighted by Crippen LogP contribution is 2.34. The van der Waals surface area contributed by atoms with Gasteiger partial charge in [-0.3, -0.25) is 4.79 Å². The molecule has 0 radical (unpaired) electrons. The van der Waals surface area contributed by atoms with Crippen LogP contribution in [-0.2, 0) is 10.2 Å². The predicted molar refractivity (Wildman–Crippen MR) is 90.8 cm³/mol. The molecular weight excluding hydrogens is 302 g/mol. The summed E-state index contributed by atoms with van der Waals surface area (Å²) in [7, 11) is 0. The maximum Gasteiger partial charge on any atom is 0.225 e. The van der Waals surface area contributed by atoms with E-state index in [-0.39, 0.29) is 5.41 Å². The molecule has 1 aliphatic heterocycles. The lowest BCUT2D eigenvalue weighted by molar-refractivity contribution is -0.133. The molecule has 0 atom stereocenters. The van der Waals surface area contributed by atoms with Crippen molar-refractivity contribution in [3.63, 3.8) is 0 Å². The highest BCUT2D eigenvalue weighted by Gasteiger charge is 2.35. The minimum atomic E-state index is -0.00419. The summed E-state index contributed by atoms with van der Waals surface area (Å²) >= 11 is 0. The Morgan fingerprint density at radius 3 is 2.42 bits per heavy atom. The van der Waals surface area contributed by atoms with Gasteiger partial charge in [0.2, 0.25) is 5.91 Å². The third-order valence-corrected chi connectivity index (χ3v) is 5.15. The zero-order valence-electron chi connectivity index (χ0n) is 14.7. The molecule has 6 heteroatoms. The first-order valence-electron chi connectivity index (χ1n) is 8.95. The number of rotatable bonds is 2. The number of nitrogens with zero attached hydrogens (tertiary/aromatic N) is 5. The first kappa shape index (κ1) is 15.5. The van der Waals surface area contributed by atoms with Crippen molar-refractivity contribution >= 4 is 11.6 Å². The molecule has 1 saturated heterocycles. The van der Waals surface area contributed by atoms with Gasteiger partial charge in [0, 0.05) is 30.3 Å². The van der Waals surface area contributed by atoms with Gasteiger partial charge < -0.3 is 4.90 Å². The first-order valence-corrected chi connectivity index (χ1v) is 8.95. The SMILES string of the molecule is CC(C)(C)c1ccc2nnc(C3CCN(C(=O)C4CC4)CC3)n2n1. The number of hydrogen-bond acceptors (Lipinski definition) is 4. The molecule has 2 aliphatic rings. The van der Waals surface area contributed by atoms with Gasteiger partial charge in [-0.25, -0.2) is 0 Å². The lowest BCUT2D eigenvalue weighted by Gasteiger charge is -2.31. The van der Waals surface area contributed by atoms with E-state index >= 15 is 0 Å². The van der Waals surface area contributed by atoms with Gasteiger partial charge in [-0.15, -0.1) is 10.2 Å². The van der Waals surface area contributed by atoms with E-state index in [2.05, 4.69) is 31.0 Å². The number of piperidine rings is 1. The number of likely N-dealkylation sites (tertiary alicyclic amines) is 1. The Labute approximate surface area is 142 Å². The lowest BCUT2D eigenvalue weighted by Crippen LogP contribution is -2.39. The number of carbonyl (C=O) groups excluding carboxylic acids is 1. The van der Waals surface area contributed by atoms with Gasteiger partial charge in [-0.2, -0.15) is 9.61 Å². The summed E-state index contributed by atoms with van der Waals surface area (Å²) in [4.78, 5) is 14.2. The van der Waals surface area contributed by atoms with E-state index < -0.39 is 0 Å². The Morgan fingerprint density at radius 2 is 1.79 bits per heavy atom. The molecule has 4 rings (SSSR count). The molecule has 3 heterocycles. The molecule has 0 aromatic carbocycles. The summed E-state index contributed by atoms with van der Waals surface area (Å²) < 4.78 is 1.91. The summed E-state index contributed by atoms with van der Waals surface area (Å²) in [5.41, 5.74) is 1.84. The fraction of sp³-hybridized carbons (Fsp3) is 0.667. The average molecular weight is 327 g/mol. The van der Waals surface area contributed by atoms with Crippen molar-refractivity contribution in [3.8, 4) is 0 Å². The van der Waals surface area contributed by atoms with Crippen LogP contribution >= 0.6 is 0 Å². The topological polar surface area (TPSA) is 63.4 Å². The summed E-state index contributed by atoms with van der Waals surface area (Å²) in [6.07, 6.45) is 4.04. The van der Waals surface area contributed by atoms with Crippen LogP contribution in [0.15, 0.2) is 12.1 Å². The zero-order valence-corrected chi connectivity index (χ0v) is 14.7. The van der Waals surface area contributed by atoms with E-state index in [1.807, 2.05) is 21.5 Å². The lowest BCUT2D eigenvalue weighted by atomic mass is 9.92. The van der Waals surface area contributed by atoms with Crippen LogP contribution in [0.4, 0.5) is 0 Å². The standard InChI is InChI=1S/C18H25N5O/c1-18(2,3)14-6-7-15-19-20-16(23(15)21-14)12-8-10-22(11-9-12)17(24)13-4-5-13/h6-7,12-13H,4-5,8-11H2,1-3H3. The van der Waals surface area contributed by atoms with Crippen LogP contribution in [0, 0.1) is 5.92 Å². The number of carbonyl (C=O) groups is 1. The normalized spacial score (nSPS) is 19.9. The molecule has 2 aromatic rings. The smallest absolute Gasteiger partial charge is 0.225 e. The van der Waals surface area contributed by atoms with Crippen molar-refractivity contribution in [1.82, 2.24) is 24.7 Å². The van der Waals surface area contributed by atoms with E-state index in [9.17, 15) is 4.79 Å². The van der Waals surface area contributed by atoms with Crippen molar-refractivity contribution < 1.29 is 4.79 Å². The maximum atomic E-state index is 12.2. The van der Waals surface area contributed by atoms with E-state index in [0.29, 0.717) is 17.7 Å². The molecule has 0 unspecified atom stereocenters. The Bertz CT molecular complexity index is 763. The predicted octanol–water partition coefficient (Wildman–Crippen LogP) is 2.54. The van der Waals surface area contributed by atoms with E-state index in [0.717, 1.165) is 55.9 Å². The highest BCUT2D eigenvalue weighted by atomic mass is 16.2. The minimum Gasteiger partial charge on any atom is -0.342 e. The van der Waals surface area contributed by atoms with Crippen LogP contribution in [0.2, 0.25) is 0 Å². The van der Waals surface area contributed by atoms with E-state index in [4.69, 9.17) is 5.10 Å². The second-order valence-corrected chi connectivity index (χ2v) is 8.17. The number of hydrogen-bond donors (Lipinski definition) is 0. The number of amides is 1. The fourth-order valence-corrected chi connectivity index (χ4v) is 3.41. The van der Waals surface area contributed by atoms with Gasteiger partial charge in [0.1, 0.15) is 0 Å². The average Bonchev–Trinajstić information content (AvgIpc) is 3.32. The molecule has 0 spiro atoms. The minimum absolute atomic E-state index is 0.00419. The van der Waals surface area contributed by atoms with Crippen molar-refractivity contribution in [2.75, 3.05) is 13.1 Å². The Hall–Kier alpha value is -1.98. The van der Waals surface area contributed by atoms with Crippen LogP contribution in [0.1, 0.15) is 63.9 Å². The molecule has 1 aliphatic carbocycles. The monoisotopic (exact) mass is 327 g/mol. The molecular formula is C18H25N5O. The molecule has 1 saturated carbocycles. The van der Waals surface area contributed by atoms with Crippen LogP contribution < -0.4 is 0 Å².